The summed E-state index contributed by atoms with van der Waals surface area (Å²) in [5.41, 5.74) is 2.85. The topological polar surface area (TPSA) is 70.4 Å². The van der Waals surface area contributed by atoms with E-state index in [1.54, 1.807) is 11.3 Å². The number of ether oxygens (including phenoxy) is 2. The van der Waals surface area contributed by atoms with Crippen molar-refractivity contribution in [3.63, 3.8) is 0 Å². The summed E-state index contributed by atoms with van der Waals surface area (Å²) in [6.07, 6.45) is 4.12. The number of carbonyl (C=O) groups excluding carboxylic acids is 1. The van der Waals surface area contributed by atoms with Gasteiger partial charge in [0.1, 0.15) is 23.8 Å². The number of hydrogen-bond acceptors (Lipinski definition) is 6. The number of nitrogens with zero attached hydrogens (tertiary/aromatic N) is 2. The summed E-state index contributed by atoms with van der Waals surface area (Å²) in [6, 6.07) is 7.84. The molecule has 1 aliphatic rings. The summed E-state index contributed by atoms with van der Waals surface area (Å²) in [7, 11) is 0. The molecule has 0 fully saturated rings. The average Bonchev–Trinajstić information content (AvgIpc) is 3.12. The van der Waals surface area contributed by atoms with Gasteiger partial charge in [-0.15, -0.1) is 11.3 Å². The van der Waals surface area contributed by atoms with Gasteiger partial charge in [0.2, 0.25) is 0 Å². The average molecular weight is 427 g/mol. The van der Waals surface area contributed by atoms with Crippen molar-refractivity contribution in [3.8, 4) is 11.4 Å². The van der Waals surface area contributed by atoms with Crippen LogP contribution in [0.5, 0.6) is 0 Å². The van der Waals surface area contributed by atoms with E-state index in [2.05, 4.69) is 0 Å². The lowest BCUT2D eigenvalue weighted by atomic mass is 9.97. The Labute approximate surface area is 179 Å². The number of aromatic nitrogens is 2. The maximum absolute atomic E-state index is 13.5. The molecule has 0 unspecified atom stereocenters. The fraction of sp³-hybridized carbons (Fsp3) is 0.435. The molecule has 0 saturated heterocycles. The number of aryl methyl sites for hydroxylation is 3. The van der Waals surface area contributed by atoms with Crippen LogP contribution in [-0.2, 0) is 33.7 Å². The molecule has 0 N–H and O–H groups in total. The number of esters is 1. The van der Waals surface area contributed by atoms with Crippen LogP contribution >= 0.6 is 11.3 Å². The first-order valence-corrected chi connectivity index (χ1v) is 11.3. The van der Waals surface area contributed by atoms with E-state index in [0.29, 0.717) is 24.4 Å². The number of benzene rings is 1. The van der Waals surface area contributed by atoms with Crippen LogP contribution in [0.25, 0.3) is 21.6 Å². The third-order valence-corrected chi connectivity index (χ3v) is 6.52. The van der Waals surface area contributed by atoms with Crippen molar-refractivity contribution >= 4 is 27.5 Å². The number of fused-ring (bicyclic) bond motifs is 3. The van der Waals surface area contributed by atoms with Crippen LogP contribution in [0.15, 0.2) is 29.1 Å². The Morgan fingerprint density at radius 3 is 2.87 bits per heavy atom. The molecule has 0 bridgehead atoms. The first-order valence-electron chi connectivity index (χ1n) is 10.4. The normalized spacial score (nSPS) is 13.4. The third kappa shape index (κ3) is 4.18. The summed E-state index contributed by atoms with van der Waals surface area (Å²) in [5, 5.41) is 0.674. The maximum atomic E-state index is 13.5. The molecule has 0 radical (unpaired) electrons. The first kappa shape index (κ1) is 20.8. The highest BCUT2D eigenvalue weighted by molar-refractivity contribution is 7.18. The molecular weight excluding hydrogens is 400 g/mol. The molecule has 3 aromatic rings. The van der Waals surface area contributed by atoms with Gasteiger partial charge in [-0.25, -0.2) is 4.98 Å². The van der Waals surface area contributed by atoms with E-state index in [0.717, 1.165) is 47.2 Å². The highest BCUT2D eigenvalue weighted by Gasteiger charge is 2.23. The standard InChI is InChI=1S/C23H26N2O4S/c1-3-28-11-12-29-19(26)14-25-21(16-8-6-7-15(2)13-16)24-22-20(23(25)27)17-9-4-5-10-18(17)30-22/h6-8,13H,3-5,9-12,14H2,1-2H3. The second-order valence-electron chi connectivity index (χ2n) is 7.50. The van der Waals surface area contributed by atoms with E-state index in [1.807, 2.05) is 38.1 Å². The van der Waals surface area contributed by atoms with Crippen molar-refractivity contribution < 1.29 is 14.3 Å². The molecule has 1 aromatic carbocycles. The van der Waals surface area contributed by atoms with Crippen LogP contribution in [0.1, 0.15) is 35.8 Å². The SMILES string of the molecule is CCOCCOC(=O)Cn1c(-c2cccc(C)c2)nc2sc3c(c2c1=O)CCCC3. The Morgan fingerprint density at radius 1 is 1.23 bits per heavy atom. The van der Waals surface area contributed by atoms with Crippen molar-refractivity contribution in [2.24, 2.45) is 0 Å². The van der Waals surface area contributed by atoms with Crippen molar-refractivity contribution in [2.45, 2.75) is 46.1 Å². The fourth-order valence-corrected chi connectivity index (χ4v) is 5.17. The second-order valence-corrected chi connectivity index (χ2v) is 8.59. The Hall–Kier alpha value is -2.51. The van der Waals surface area contributed by atoms with Gasteiger partial charge in [-0.05, 0) is 51.2 Å². The molecule has 4 rings (SSSR count). The molecule has 0 amide bonds. The lowest BCUT2D eigenvalue weighted by Gasteiger charge is -2.14. The quantitative estimate of drug-likeness (QED) is 0.423. The number of thiophene rings is 1. The van der Waals surface area contributed by atoms with E-state index in [-0.39, 0.29) is 18.7 Å². The fourth-order valence-electron chi connectivity index (χ4n) is 3.92. The van der Waals surface area contributed by atoms with Gasteiger partial charge in [0.15, 0.2) is 0 Å². The van der Waals surface area contributed by atoms with Gasteiger partial charge in [-0.2, -0.15) is 0 Å². The highest BCUT2D eigenvalue weighted by atomic mass is 32.1. The van der Waals surface area contributed by atoms with Gasteiger partial charge >= 0.3 is 5.97 Å². The molecule has 2 heterocycles. The molecule has 7 heteroatoms. The van der Waals surface area contributed by atoms with Gasteiger partial charge in [0, 0.05) is 17.0 Å². The van der Waals surface area contributed by atoms with Crippen LogP contribution in [0, 0.1) is 6.92 Å². The number of carbonyl (C=O) groups is 1. The maximum Gasteiger partial charge on any atom is 0.326 e. The van der Waals surface area contributed by atoms with E-state index < -0.39 is 5.97 Å². The number of hydrogen-bond donors (Lipinski definition) is 0. The van der Waals surface area contributed by atoms with Crippen LogP contribution < -0.4 is 5.56 Å². The minimum atomic E-state index is -0.462. The predicted molar refractivity (Wildman–Crippen MR) is 118 cm³/mol. The summed E-state index contributed by atoms with van der Waals surface area (Å²) >= 11 is 1.62. The van der Waals surface area contributed by atoms with Gasteiger partial charge in [-0.3, -0.25) is 14.2 Å². The summed E-state index contributed by atoms with van der Waals surface area (Å²) in [6.45, 7) is 4.80. The Morgan fingerprint density at radius 2 is 2.07 bits per heavy atom. The molecule has 158 valence electrons. The zero-order chi connectivity index (χ0) is 21.1. The lowest BCUT2D eigenvalue weighted by Crippen LogP contribution is -2.28. The lowest BCUT2D eigenvalue weighted by molar-refractivity contribution is -0.145. The zero-order valence-electron chi connectivity index (χ0n) is 17.4. The predicted octanol–water partition coefficient (Wildman–Crippen LogP) is 3.89. The van der Waals surface area contributed by atoms with Gasteiger partial charge in [0.05, 0.1) is 12.0 Å². The monoisotopic (exact) mass is 426 g/mol. The molecule has 0 saturated carbocycles. The molecule has 0 spiro atoms. The van der Waals surface area contributed by atoms with E-state index >= 15 is 0 Å². The van der Waals surface area contributed by atoms with Crippen LogP contribution in [-0.4, -0.2) is 35.3 Å². The molecule has 1 aliphatic carbocycles. The van der Waals surface area contributed by atoms with Crippen LogP contribution in [0.2, 0.25) is 0 Å². The zero-order valence-corrected chi connectivity index (χ0v) is 18.2. The van der Waals surface area contributed by atoms with E-state index in [9.17, 15) is 9.59 Å². The molecule has 30 heavy (non-hydrogen) atoms. The first-order chi connectivity index (χ1) is 14.6. The van der Waals surface area contributed by atoms with Crippen LogP contribution in [0.4, 0.5) is 0 Å². The largest absolute Gasteiger partial charge is 0.462 e. The molecular formula is C23H26N2O4S. The third-order valence-electron chi connectivity index (χ3n) is 5.33. The van der Waals surface area contributed by atoms with Crippen molar-refractivity contribution in [3.05, 3.63) is 50.6 Å². The second kappa shape index (κ2) is 9.10. The number of rotatable bonds is 7. The Balaban J connectivity index is 1.78. The van der Waals surface area contributed by atoms with Crippen molar-refractivity contribution in [2.75, 3.05) is 19.8 Å². The summed E-state index contributed by atoms with van der Waals surface area (Å²) in [4.78, 5) is 32.9. The molecule has 6 nitrogen and oxygen atoms in total. The van der Waals surface area contributed by atoms with Crippen molar-refractivity contribution in [1.82, 2.24) is 9.55 Å². The Bertz CT molecular complexity index is 1130. The summed E-state index contributed by atoms with van der Waals surface area (Å²) < 4.78 is 12.0. The highest BCUT2D eigenvalue weighted by Crippen LogP contribution is 2.34. The van der Waals surface area contributed by atoms with Crippen LogP contribution in [0.3, 0.4) is 0 Å². The minimum Gasteiger partial charge on any atom is -0.462 e. The van der Waals surface area contributed by atoms with E-state index in [4.69, 9.17) is 14.5 Å². The van der Waals surface area contributed by atoms with Gasteiger partial charge in [-0.1, -0.05) is 23.8 Å². The smallest absolute Gasteiger partial charge is 0.326 e. The molecule has 0 aliphatic heterocycles. The van der Waals surface area contributed by atoms with E-state index in [1.165, 1.54) is 9.44 Å². The molecule has 2 aromatic heterocycles. The van der Waals surface area contributed by atoms with Gasteiger partial charge < -0.3 is 9.47 Å². The minimum absolute atomic E-state index is 0.155. The summed E-state index contributed by atoms with van der Waals surface area (Å²) in [5.74, 6) is 0.0486. The Kier molecular flexibility index (Phi) is 6.29. The van der Waals surface area contributed by atoms with Crippen molar-refractivity contribution in [1.29, 1.82) is 0 Å². The molecule has 0 atom stereocenters. The van der Waals surface area contributed by atoms with Gasteiger partial charge in [0.25, 0.3) is 5.56 Å².